The van der Waals surface area contributed by atoms with Crippen LogP contribution in [-0.2, 0) is 35.2 Å². The van der Waals surface area contributed by atoms with Crippen molar-refractivity contribution in [3.8, 4) is 11.1 Å². The fourth-order valence-corrected chi connectivity index (χ4v) is 3.45. The van der Waals surface area contributed by atoms with E-state index in [1.54, 1.807) is 64.1 Å². The van der Waals surface area contributed by atoms with Gasteiger partial charge >= 0.3 is 12.1 Å². The van der Waals surface area contributed by atoms with Crippen LogP contribution in [0.3, 0.4) is 0 Å². The molecule has 10 nitrogen and oxygen atoms in total. The average molecular weight is 521 g/mol. The SMILES string of the molecule is COC(=O)[C@@H](NC(=O)c1ccc(-c2ccc(COS(C)(=O)=O)cc2)cc1)[C@@H](C)NC(=O)OC(C)(C)C. The number of hydrogen-bond acceptors (Lipinski definition) is 8. The van der Waals surface area contributed by atoms with Gasteiger partial charge in [-0.05, 0) is 56.5 Å². The quantitative estimate of drug-likeness (QED) is 0.380. The van der Waals surface area contributed by atoms with E-state index in [4.69, 9.17) is 13.7 Å². The van der Waals surface area contributed by atoms with Gasteiger partial charge in [0.15, 0.2) is 0 Å². The number of carbonyl (C=O) groups excluding carboxylic acids is 3. The Morgan fingerprint density at radius 1 is 0.917 bits per heavy atom. The molecule has 2 rings (SSSR count). The van der Waals surface area contributed by atoms with Gasteiger partial charge in [-0.15, -0.1) is 0 Å². The second-order valence-electron chi connectivity index (χ2n) is 9.15. The molecule has 0 bridgehead atoms. The van der Waals surface area contributed by atoms with Crippen molar-refractivity contribution in [3.63, 3.8) is 0 Å². The highest BCUT2D eigenvalue weighted by Gasteiger charge is 2.30. The maximum Gasteiger partial charge on any atom is 0.407 e. The van der Waals surface area contributed by atoms with Crippen LogP contribution in [0, 0.1) is 0 Å². The number of ether oxygens (including phenoxy) is 2. The standard InChI is InChI=1S/C25H32N2O8S/c1-16(26-24(30)35-25(2,3)4)21(23(29)33-5)27-22(28)20-13-11-19(12-14-20)18-9-7-17(8-10-18)15-34-36(6,31)32/h7-14,16,21H,15H2,1-6H3,(H,26,30)(H,27,28)/t16-,21+/m1/s1. The molecule has 2 amide bonds. The Balaban J connectivity index is 2.08. The van der Waals surface area contributed by atoms with E-state index in [9.17, 15) is 22.8 Å². The number of nitrogens with one attached hydrogen (secondary N) is 2. The van der Waals surface area contributed by atoms with Crippen LogP contribution in [0.5, 0.6) is 0 Å². The van der Waals surface area contributed by atoms with E-state index < -0.39 is 45.8 Å². The molecule has 36 heavy (non-hydrogen) atoms. The van der Waals surface area contributed by atoms with Crippen LogP contribution in [0.15, 0.2) is 48.5 Å². The summed E-state index contributed by atoms with van der Waals surface area (Å²) >= 11 is 0. The first-order valence-electron chi connectivity index (χ1n) is 11.1. The number of amides is 2. The van der Waals surface area contributed by atoms with Crippen molar-refractivity contribution in [2.75, 3.05) is 13.4 Å². The van der Waals surface area contributed by atoms with Gasteiger partial charge in [0.25, 0.3) is 16.0 Å². The Bertz CT molecular complexity index is 1170. The topological polar surface area (TPSA) is 137 Å². The predicted molar refractivity (Wildman–Crippen MR) is 134 cm³/mol. The lowest BCUT2D eigenvalue weighted by Gasteiger charge is -2.26. The highest BCUT2D eigenvalue weighted by atomic mass is 32.2. The van der Waals surface area contributed by atoms with Gasteiger partial charge in [0.1, 0.15) is 11.6 Å². The number of rotatable bonds is 9. The second kappa shape index (κ2) is 12.0. The molecule has 11 heteroatoms. The second-order valence-corrected chi connectivity index (χ2v) is 10.8. The Hall–Kier alpha value is -3.44. The lowest BCUT2D eigenvalue weighted by Crippen LogP contribution is -2.55. The smallest absolute Gasteiger partial charge is 0.407 e. The van der Waals surface area contributed by atoms with E-state index in [-0.39, 0.29) is 6.61 Å². The first kappa shape index (κ1) is 28.8. The van der Waals surface area contributed by atoms with E-state index in [2.05, 4.69) is 10.6 Å². The molecule has 0 unspecified atom stereocenters. The molecular formula is C25H32N2O8S. The number of benzene rings is 2. The molecule has 0 saturated heterocycles. The Morgan fingerprint density at radius 2 is 1.44 bits per heavy atom. The molecule has 196 valence electrons. The molecule has 2 N–H and O–H groups in total. The molecular weight excluding hydrogens is 488 g/mol. The van der Waals surface area contributed by atoms with Crippen molar-refractivity contribution in [2.24, 2.45) is 0 Å². The first-order valence-corrected chi connectivity index (χ1v) is 12.9. The molecule has 0 aliphatic rings. The zero-order valence-corrected chi connectivity index (χ0v) is 22.0. The van der Waals surface area contributed by atoms with Gasteiger partial charge in [-0.25, -0.2) is 9.59 Å². The molecule has 0 saturated carbocycles. The summed E-state index contributed by atoms with van der Waals surface area (Å²) in [6, 6.07) is 11.9. The summed E-state index contributed by atoms with van der Waals surface area (Å²) in [6.45, 7) is 6.63. The highest BCUT2D eigenvalue weighted by molar-refractivity contribution is 7.85. The van der Waals surface area contributed by atoms with Gasteiger partial charge in [0, 0.05) is 5.56 Å². The zero-order valence-electron chi connectivity index (χ0n) is 21.2. The minimum atomic E-state index is -3.53. The molecule has 0 aromatic heterocycles. The molecule has 0 heterocycles. The van der Waals surface area contributed by atoms with Gasteiger partial charge in [-0.2, -0.15) is 8.42 Å². The van der Waals surface area contributed by atoms with Gasteiger partial charge in [0.05, 0.1) is 26.0 Å². The molecule has 0 aliphatic carbocycles. The molecule has 2 aromatic carbocycles. The van der Waals surface area contributed by atoms with Crippen LogP contribution in [0.4, 0.5) is 4.79 Å². The van der Waals surface area contributed by atoms with Gasteiger partial charge in [0.2, 0.25) is 0 Å². The van der Waals surface area contributed by atoms with Crippen LogP contribution >= 0.6 is 0 Å². The maximum atomic E-state index is 12.8. The lowest BCUT2D eigenvalue weighted by molar-refractivity contribution is -0.143. The van der Waals surface area contributed by atoms with Crippen molar-refractivity contribution < 1.29 is 36.5 Å². The van der Waals surface area contributed by atoms with Crippen LogP contribution in [-0.4, -0.2) is 57.4 Å². The zero-order chi connectivity index (χ0) is 27.1. The Labute approximate surface area is 211 Å². The number of alkyl carbamates (subject to hydrolysis) is 1. The van der Waals surface area contributed by atoms with Crippen LogP contribution in [0.2, 0.25) is 0 Å². The fraction of sp³-hybridized carbons (Fsp3) is 0.400. The van der Waals surface area contributed by atoms with E-state index in [1.165, 1.54) is 7.11 Å². The Kier molecular flexibility index (Phi) is 9.60. The van der Waals surface area contributed by atoms with Gasteiger partial charge < -0.3 is 20.1 Å². The van der Waals surface area contributed by atoms with Gasteiger partial charge in [-0.1, -0.05) is 36.4 Å². The third-order valence-electron chi connectivity index (χ3n) is 4.86. The van der Waals surface area contributed by atoms with Crippen LogP contribution in [0.25, 0.3) is 11.1 Å². The van der Waals surface area contributed by atoms with Crippen LogP contribution in [0.1, 0.15) is 43.6 Å². The summed E-state index contributed by atoms with van der Waals surface area (Å²) in [5.41, 5.74) is 1.96. The number of methoxy groups -OCH3 is 1. The van der Waals surface area contributed by atoms with E-state index in [0.29, 0.717) is 11.1 Å². The summed E-state index contributed by atoms with van der Waals surface area (Å²) in [5, 5.41) is 5.14. The third-order valence-corrected chi connectivity index (χ3v) is 5.41. The Morgan fingerprint density at radius 3 is 1.92 bits per heavy atom. The third kappa shape index (κ3) is 9.31. The van der Waals surface area contributed by atoms with E-state index in [0.717, 1.165) is 17.4 Å². The molecule has 0 fully saturated rings. The molecule has 0 radical (unpaired) electrons. The van der Waals surface area contributed by atoms with Crippen molar-refractivity contribution in [2.45, 2.75) is 52.0 Å². The van der Waals surface area contributed by atoms with Gasteiger partial charge in [-0.3, -0.25) is 8.98 Å². The maximum absolute atomic E-state index is 12.8. The molecule has 0 spiro atoms. The van der Waals surface area contributed by atoms with Crippen LogP contribution < -0.4 is 10.6 Å². The van der Waals surface area contributed by atoms with Crippen molar-refractivity contribution in [1.29, 1.82) is 0 Å². The fourth-order valence-electron chi connectivity index (χ4n) is 3.10. The number of carbonyl (C=O) groups is 3. The monoisotopic (exact) mass is 520 g/mol. The summed E-state index contributed by atoms with van der Waals surface area (Å²) in [7, 11) is -2.34. The summed E-state index contributed by atoms with van der Waals surface area (Å²) < 4.78 is 37.0. The predicted octanol–water partition coefficient (Wildman–Crippen LogP) is 3.01. The van der Waals surface area contributed by atoms with Crippen molar-refractivity contribution in [3.05, 3.63) is 59.7 Å². The number of hydrogen-bond donors (Lipinski definition) is 2. The summed E-state index contributed by atoms with van der Waals surface area (Å²) in [4.78, 5) is 37.2. The largest absolute Gasteiger partial charge is 0.467 e. The molecule has 2 atom stereocenters. The molecule has 0 aliphatic heterocycles. The minimum absolute atomic E-state index is 0.0548. The minimum Gasteiger partial charge on any atom is -0.467 e. The van der Waals surface area contributed by atoms with Crippen molar-refractivity contribution >= 4 is 28.1 Å². The summed E-state index contributed by atoms with van der Waals surface area (Å²) in [5.74, 6) is -1.24. The first-order chi connectivity index (χ1) is 16.7. The lowest BCUT2D eigenvalue weighted by atomic mass is 10.0. The normalized spacial score (nSPS) is 13.3. The summed E-state index contributed by atoms with van der Waals surface area (Å²) in [6.07, 6.45) is 0.265. The highest BCUT2D eigenvalue weighted by Crippen LogP contribution is 2.21. The average Bonchev–Trinajstić information content (AvgIpc) is 2.79. The molecule has 2 aromatic rings. The number of esters is 1. The van der Waals surface area contributed by atoms with E-state index in [1.807, 2.05) is 12.1 Å². The van der Waals surface area contributed by atoms with E-state index >= 15 is 0 Å². The van der Waals surface area contributed by atoms with Crippen molar-refractivity contribution in [1.82, 2.24) is 10.6 Å².